The van der Waals surface area contributed by atoms with Gasteiger partial charge in [-0.25, -0.2) is 14.4 Å². The van der Waals surface area contributed by atoms with Gasteiger partial charge in [0, 0.05) is 36.9 Å². The van der Waals surface area contributed by atoms with E-state index in [1.165, 1.54) is 25.0 Å². The zero-order valence-corrected chi connectivity index (χ0v) is 14.0. The Bertz CT molecular complexity index is 812. The smallest absolute Gasteiger partial charge is 0.133 e. The second kappa shape index (κ2) is 6.67. The SMILES string of the molecule is N#Cc1cc(F)cc(N2CCCC(Nc3ccnc(C4CC4)n3)C2)c1. The van der Waals surface area contributed by atoms with Crippen LogP contribution in [0, 0.1) is 17.1 Å². The summed E-state index contributed by atoms with van der Waals surface area (Å²) in [6, 6.07) is 8.68. The molecule has 1 saturated heterocycles. The lowest BCUT2D eigenvalue weighted by Gasteiger charge is -2.35. The third kappa shape index (κ3) is 3.71. The van der Waals surface area contributed by atoms with Crippen LogP contribution in [0.1, 0.15) is 43.0 Å². The Kier molecular flexibility index (Phi) is 4.22. The van der Waals surface area contributed by atoms with Gasteiger partial charge in [0.1, 0.15) is 17.5 Å². The number of piperidine rings is 1. The number of rotatable bonds is 4. The summed E-state index contributed by atoms with van der Waals surface area (Å²) in [5, 5.41) is 12.5. The molecule has 4 rings (SSSR count). The summed E-state index contributed by atoms with van der Waals surface area (Å²) in [4.78, 5) is 11.1. The molecule has 0 amide bonds. The van der Waals surface area contributed by atoms with E-state index in [4.69, 9.17) is 5.26 Å². The lowest BCUT2D eigenvalue weighted by atomic mass is 10.0. The first kappa shape index (κ1) is 15.8. The fraction of sp³-hybridized carbons (Fsp3) is 0.421. The lowest BCUT2D eigenvalue weighted by Crippen LogP contribution is -2.42. The van der Waals surface area contributed by atoms with Gasteiger partial charge in [-0.15, -0.1) is 0 Å². The number of halogens is 1. The van der Waals surface area contributed by atoms with E-state index in [-0.39, 0.29) is 11.9 Å². The fourth-order valence-corrected chi connectivity index (χ4v) is 3.35. The summed E-state index contributed by atoms with van der Waals surface area (Å²) in [7, 11) is 0. The number of nitrogens with one attached hydrogen (secondary N) is 1. The molecule has 25 heavy (non-hydrogen) atoms. The van der Waals surface area contributed by atoms with Crippen molar-refractivity contribution >= 4 is 11.5 Å². The summed E-state index contributed by atoms with van der Waals surface area (Å²) in [6.45, 7) is 1.63. The summed E-state index contributed by atoms with van der Waals surface area (Å²) in [6.07, 6.45) is 6.23. The fourth-order valence-electron chi connectivity index (χ4n) is 3.35. The Morgan fingerprint density at radius 3 is 2.92 bits per heavy atom. The third-order valence-electron chi connectivity index (χ3n) is 4.77. The number of anilines is 2. The van der Waals surface area contributed by atoms with Crippen molar-refractivity contribution in [3.63, 3.8) is 0 Å². The van der Waals surface area contributed by atoms with Crippen molar-refractivity contribution in [3.05, 3.63) is 47.7 Å². The van der Waals surface area contributed by atoms with Gasteiger partial charge >= 0.3 is 0 Å². The van der Waals surface area contributed by atoms with Crippen molar-refractivity contribution in [2.45, 2.75) is 37.6 Å². The Morgan fingerprint density at radius 1 is 1.24 bits per heavy atom. The van der Waals surface area contributed by atoms with Gasteiger partial charge in [-0.3, -0.25) is 0 Å². The molecule has 1 unspecified atom stereocenters. The minimum Gasteiger partial charge on any atom is -0.369 e. The van der Waals surface area contributed by atoms with Crippen molar-refractivity contribution in [2.75, 3.05) is 23.3 Å². The molecule has 0 bridgehead atoms. The molecule has 1 aromatic heterocycles. The highest BCUT2D eigenvalue weighted by Gasteiger charge is 2.27. The Hall–Kier alpha value is -2.68. The van der Waals surface area contributed by atoms with Crippen molar-refractivity contribution < 1.29 is 4.39 Å². The van der Waals surface area contributed by atoms with Gasteiger partial charge < -0.3 is 10.2 Å². The van der Waals surface area contributed by atoms with Crippen LogP contribution in [0.2, 0.25) is 0 Å². The highest BCUT2D eigenvalue weighted by Crippen LogP contribution is 2.38. The van der Waals surface area contributed by atoms with E-state index in [1.807, 2.05) is 18.3 Å². The summed E-state index contributed by atoms with van der Waals surface area (Å²) >= 11 is 0. The molecule has 2 heterocycles. The topological polar surface area (TPSA) is 64.8 Å². The normalized spacial score (nSPS) is 20.2. The van der Waals surface area contributed by atoms with Gasteiger partial charge in [0.15, 0.2) is 0 Å². The van der Waals surface area contributed by atoms with Crippen molar-refractivity contribution in [1.82, 2.24) is 9.97 Å². The van der Waals surface area contributed by atoms with Crippen molar-refractivity contribution in [2.24, 2.45) is 0 Å². The van der Waals surface area contributed by atoms with Gasteiger partial charge in [-0.05, 0) is 49.9 Å². The van der Waals surface area contributed by atoms with Crippen LogP contribution in [-0.2, 0) is 0 Å². The van der Waals surface area contributed by atoms with Gasteiger partial charge in [0.2, 0.25) is 0 Å². The summed E-state index contributed by atoms with van der Waals surface area (Å²) in [5.41, 5.74) is 1.12. The molecule has 5 nitrogen and oxygen atoms in total. The molecule has 1 saturated carbocycles. The molecule has 1 N–H and O–H groups in total. The maximum atomic E-state index is 13.7. The molecular formula is C19H20FN5. The maximum absolute atomic E-state index is 13.7. The number of hydrogen-bond donors (Lipinski definition) is 1. The molecule has 2 aliphatic rings. The highest BCUT2D eigenvalue weighted by atomic mass is 19.1. The molecule has 0 radical (unpaired) electrons. The minimum atomic E-state index is -0.367. The van der Waals surface area contributed by atoms with Crippen LogP contribution in [0.4, 0.5) is 15.9 Å². The van der Waals surface area contributed by atoms with E-state index in [1.54, 1.807) is 6.07 Å². The molecule has 1 atom stereocenters. The van der Waals surface area contributed by atoms with Crippen molar-refractivity contribution in [1.29, 1.82) is 5.26 Å². The summed E-state index contributed by atoms with van der Waals surface area (Å²) in [5.74, 6) is 1.96. The number of nitriles is 1. The van der Waals surface area contributed by atoms with Crippen LogP contribution in [0.5, 0.6) is 0 Å². The predicted octanol–water partition coefficient (Wildman–Crippen LogP) is 3.45. The van der Waals surface area contributed by atoms with E-state index < -0.39 is 0 Å². The molecule has 2 aromatic rings. The Balaban J connectivity index is 1.47. The second-order valence-electron chi connectivity index (χ2n) is 6.81. The Labute approximate surface area is 146 Å². The zero-order valence-electron chi connectivity index (χ0n) is 14.0. The molecule has 1 aromatic carbocycles. The monoisotopic (exact) mass is 337 g/mol. The standard InChI is InChI=1S/C19H20FN5/c20-15-8-13(11-21)9-17(10-15)25-7-1-2-16(12-25)23-18-5-6-22-19(24-18)14-3-4-14/h5-6,8-10,14,16H,1-4,7,12H2,(H,22,23,24). The van der Waals surface area contributed by atoms with Gasteiger partial charge in [0.05, 0.1) is 11.6 Å². The largest absolute Gasteiger partial charge is 0.369 e. The maximum Gasteiger partial charge on any atom is 0.133 e. The van der Waals surface area contributed by atoms with Crippen molar-refractivity contribution in [3.8, 4) is 6.07 Å². The number of hydrogen-bond acceptors (Lipinski definition) is 5. The second-order valence-corrected chi connectivity index (χ2v) is 6.81. The first-order valence-corrected chi connectivity index (χ1v) is 8.76. The minimum absolute atomic E-state index is 0.240. The van der Waals surface area contributed by atoms with Gasteiger partial charge in [-0.2, -0.15) is 5.26 Å². The van der Waals surface area contributed by atoms with Crippen LogP contribution in [0.25, 0.3) is 0 Å². The first-order chi connectivity index (χ1) is 12.2. The molecule has 1 aliphatic carbocycles. The van der Waals surface area contributed by atoms with E-state index in [2.05, 4.69) is 20.2 Å². The molecule has 6 heteroatoms. The van der Waals surface area contributed by atoms with E-state index >= 15 is 0 Å². The van der Waals surface area contributed by atoms with Crippen LogP contribution < -0.4 is 10.2 Å². The lowest BCUT2D eigenvalue weighted by molar-refractivity contribution is 0.527. The molecule has 0 spiro atoms. The van der Waals surface area contributed by atoms with Crippen LogP contribution in [0.15, 0.2) is 30.5 Å². The number of nitrogens with zero attached hydrogens (tertiary/aromatic N) is 4. The first-order valence-electron chi connectivity index (χ1n) is 8.76. The summed E-state index contributed by atoms with van der Waals surface area (Å²) < 4.78 is 13.7. The molecular weight excluding hydrogens is 317 g/mol. The van der Waals surface area contributed by atoms with E-state index in [0.29, 0.717) is 11.5 Å². The Morgan fingerprint density at radius 2 is 2.12 bits per heavy atom. The number of benzene rings is 1. The van der Waals surface area contributed by atoms with Crippen LogP contribution in [-0.4, -0.2) is 29.1 Å². The quantitative estimate of drug-likeness (QED) is 0.926. The van der Waals surface area contributed by atoms with E-state index in [9.17, 15) is 4.39 Å². The molecule has 1 aliphatic heterocycles. The molecule has 128 valence electrons. The predicted molar refractivity (Wildman–Crippen MR) is 94.0 cm³/mol. The van der Waals surface area contributed by atoms with Gasteiger partial charge in [0.25, 0.3) is 0 Å². The average molecular weight is 337 g/mol. The number of aromatic nitrogens is 2. The van der Waals surface area contributed by atoms with Gasteiger partial charge in [-0.1, -0.05) is 0 Å². The van der Waals surface area contributed by atoms with Crippen LogP contribution >= 0.6 is 0 Å². The van der Waals surface area contributed by atoms with E-state index in [0.717, 1.165) is 43.3 Å². The third-order valence-corrected chi connectivity index (χ3v) is 4.77. The zero-order chi connectivity index (χ0) is 17.2. The van der Waals surface area contributed by atoms with Crippen LogP contribution in [0.3, 0.4) is 0 Å². The average Bonchev–Trinajstić information content (AvgIpc) is 3.47. The highest BCUT2D eigenvalue weighted by molar-refractivity contribution is 5.53. The molecule has 2 fully saturated rings.